The second-order valence-corrected chi connectivity index (χ2v) is 5.04. The van der Waals surface area contributed by atoms with E-state index in [2.05, 4.69) is 21.2 Å². The smallest absolute Gasteiger partial charge is 0.310 e. The van der Waals surface area contributed by atoms with Gasteiger partial charge < -0.3 is 14.8 Å². The molecule has 21 heavy (non-hydrogen) atoms. The van der Waals surface area contributed by atoms with Crippen LogP contribution in [0.1, 0.15) is 16.8 Å². The maximum Gasteiger partial charge on any atom is 0.310 e. The van der Waals surface area contributed by atoms with Crippen LogP contribution in [0.5, 0.6) is 5.75 Å². The number of halogens is 1. The van der Waals surface area contributed by atoms with E-state index in [1.807, 2.05) is 0 Å². The molecule has 0 aliphatic carbocycles. The predicted molar refractivity (Wildman–Crippen MR) is 81.2 cm³/mol. The quantitative estimate of drug-likeness (QED) is 0.435. The van der Waals surface area contributed by atoms with Gasteiger partial charge in [0.1, 0.15) is 0 Å². The van der Waals surface area contributed by atoms with Gasteiger partial charge in [-0.25, -0.2) is 0 Å². The number of methoxy groups -OCH3 is 2. The molecular formula is C13H17BrN2O5. The van der Waals surface area contributed by atoms with Gasteiger partial charge in [0.25, 0.3) is 5.91 Å². The number of nitro benzene ring substituents is 1. The average Bonchev–Trinajstić information content (AvgIpc) is 2.46. The van der Waals surface area contributed by atoms with Gasteiger partial charge in [-0.15, -0.1) is 0 Å². The Bertz CT molecular complexity index is 503. The van der Waals surface area contributed by atoms with Crippen LogP contribution in [0.2, 0.25) is 0 Å². The van der Waals surface area contributed by atoms with E-state index >= 15 is 0 Å². The van der Waals surface area contributed by atoms with Crippen LogP contribution >= 0.6 is 15.9 Å². The van der Waals surface area contributed by atoms with Gasteiger partial charge in [-0.1, -0.05) is 15.9 Å². The first-order chi connectivity index (χ1) is 10.0. The van der Waals surface area contributed by atoms with Crippen molar-refractivity contribution in [3.63, 3.8) is 0 Å². The minimum absolute atomic E-state index is 0.0523. The maximum absolute atomic E-state index is 12.1. The average molecular weight is 361 g/mol. The molecule has 0 aliphatic heterocycles. The molecule has 116 valence electrons. The van der Waals surface area contributed by atoms with Crippen LogP contribution in [0, 0.1) is 10.1 Å². The number of carbonyl (C=O) groups excluding carboxylic acids is 1. The van der Waals surface area contributed by atoms with Crippen LogP contribution in [0.15, 0.2) is 18.2 Å². The lowest BCUT2D eigenvalue weighted by Gasteiger charge is -2.17. The first-order valence-corrected chi connectivity index (χ1v) is 7.33. The van der Waals surface area contributed by atoms with Gasteiger partial charge in [-0.2, -0.15) is 0 Å². The van der Waals surface area contributed by atoms with Crippen molar-refractivity contribution in [1.82, 2.24) is 5.32 Å². The van der Waals surface area contributed by atoms with E-state index in [4.69, 9.17) is 9.47 Å². The van der Waals surface area contributed by atoms with E-state index < -0.39 is 4.92 Å². The van der Waals surface area contributed by atoms with Crippen molar-refractivity contribution in [3.8, 4) is 5.75 Å². The molecule has 0 fully saturated rings. The van der Waals surface area contributed by atoms with Crippen molar-refractivity contribution >= 4 is 27.5 Å². The molecule has 1 N–H and O–H groups in total. The highest BCUT2D eigenvalue weighted by Gasteiger charge is 2.19. The molecule has 0 radical (unpaired) electrons. The molecule has 1 atom stereocenters. The SMILES string of the molecule is COCC(CCBr)NC(=O)c1ccc([N+](=O)[O-])c(OC)c1. The molecule has 8 heteroatoms. The summed E-state index contributed by atoms with van der Waals surface area (Å²) < 4.78 is 9.98. The van der Waals surface area contributed by atoms with E-state index in [1.54, 1.807) is 7.11 Å². The van der Waals surface area contributed by atoms with Gasteiger partial charge in [0.05, 0.1) is 24.7 Å². The van der Waals surface area contributed by atoms with E-state index in [-0.39, 0.29) is 23.4 Å². The number of ether oxygens (including phenoxy) is 2. The normalized spacial score (nSPS) is 11.8. The molecule has 0 bridgehead atoms. The lowest BCUT2D eigenvalue weighted by molar-refractivity contribution is -0.385. The van der Waals surface area contributed by atoms with Gasteiger partial charge >= 0.3 is 5.69 Å². The third-order valence-corrected chi connectivity index (χ3v) is 3.26. The number of hydrogen-bond donors (Lipinski definition) is 1. The number of benzene rings is 1. The molecule has 1 aromatic carbocycles. The van der Waals surface area contributed by atoms with Crippen molar-refractivity contribution in [1.29, 1.82) is 0 Å². The number of carbonyl (C=O) groups is 1. The number of nitro groups is 1. The second kappa shape index (κ2) is 8.58. The standard InChI is InChI=1S/C13H17BrN2O5/c1-20-8-10(5-6-14)15-13(17)9-3-4-11(16(18)19)12(7-9)21-2/h3-4,7,10H,5-6,8H2,1-2H3,(H,15,17). The number of amides is 1. The summed E-state index contributed by atoms with van der Waals surface area (Å²) in [7, 11) is 2.88. The lowest BCUT2D eigenvalue weighted by atomic mass is 10.1. The number of nitrogens with zero attached hydrogens (tertiary/aromatic N) is 1. The Kier molecular flexibility index (Phi) is 7.10. The highest BCUT2D eigenvalue weighted by atomic mass is 79.9. The molecule has 7 nitrogen and oxygen atoms in total. The molecule has 0 spiro atoms. The Morgan fingerprint density at radius 3 is 2.71 bits per heavy atom. The fraction of sp³-hybridized carbons (Fsp3) is 0.462. The number of nitrogens with one attached hydrogen (secondary N) is 1. The zero-order chi connectivity index (χ0) is 15.8. The summed E-state index contributed by atoms with van der Waals surface area (Å²) in [5.41, 5.74) is 0.121. The van der Waals surface area contributed by atoms with Gasteiger partial charge in [0.2, 0.25) is 0 Å². The van der Waals surface area contributed by atoms with E-state index in [0.717, 1.165) is 5.33 Å². The Labute approximate surface area is 130 Å². The second-order valence-electron chi connectivity index (χ2n) is 4.25. The monoisotopic (exact) mass is 360 g/mol. The van der Waals surface area contributed by atoms with Crippen molar-refractivity contribution in [2.75, 3.05) is 26.2 Å². The molecule has 1 amide bonds. The van der Waals surface area contributed by atoms with E-state index in [0.29, 0.717) is 18.6 Å². The van der Waals surface area contributed by atoms with Crippen molar-refractivity contribution in [3.05, 3.63) is 33.9 Å². The summed E-state index contributed by atoms with van der Waals surface area (Å²) in [4.78, 5) is 22.4. The van der Waals surface area contributed by atoms with Gasteiger partial charge in [0, 0.05) is 30.1 Å². The number of rotatable bonds is 8. The first-order valence-electron chi connectivity index (χ1n) is 6.21. The van der Waals surface area contributed by atoms with Crippen LogP contribution in [-0.2, 0) is 4.74 Å². The number of hydrogen-bond acceptors (Lipinski definition) is 5. The molecular weight excluding hydrogens is 344 g/mol. The molecule has 0 saturated carbocycles. The Hall–Kier alpha value is -1.67. The third kappa shape index (κ3) is 4.98. The van der Waals surface area contributed by atoms with Crippen LogP contribution in [0.4, 0.5) is 5.69 Å². The zero-order valence-electron chi connectivity index (χ0n) is 11.8. The third-order valence-electron chi connectivity index (χ3n) is 2.80. The van der Waals surface area contributed by atoms with Crippen molar-refractivity contribution in [2.45, 2.75) is 12.5 Å². The van der Waals surface area contributed by atoms with Gasteiger partial charge in [-0.05, 0) is 12.5 Å². The summed E-state index contributed by atoms with van der Waals surface area (Å²) in [6, 6.07) is 3.87. The van der Waals surface area contributed by atoms with E-state index in [9.17, 15) is 14.9 Å². The molecule has 1 rings (SSSR count). The topological polar surface area (TPSA) is 90.7 Å². The summed E-state index contributed by atoms with van der Waals surface area (Å²) >= 11 is 3.31. The van der Waals surface area contributed by atoms with E-state index in [1.165, 1.54) is 25.3 Å². The molecule has 1 unspecified atom stereocenters. The molecule has 0 heterocycles. The largest absolute Gasteiger partial charge is 0.490 e. The fourth-order valence-corrected chi connectivity index (χ4v) is 2.32. The minimum atomic E-state index is -0.556. The minimum Gasteiger partial charge on any atom is -0.490 e. The zero-order valence-corrected chi connectivity index (χ0v) is 13.4. The number of alkyl halides is 1. The fourth-order valence-electron chi connectivity index (χ4n) is 1.77. The Morgan fingerprint density at radius 1 is 1.48 bits per heavy atom. The van der Waals surface area contributed by atoms with Crippen molar-refractivity contribution in [2.24, 2.45) is 0 Å². The van der Waals surface area contributed by atoms with Gasteiger partial charge in [0.15, 0.2) is 5.75 Å². The van der Waals surface area contributed by atoms with Crippen LogP contribution in [0.25, 0.3) is 0 Å². The highest BCUT2D eigenvalue weighted by Crippen LogP contribution is 2.27. The first kappa shape index (κ1) is 17.4. The molecule has 1 aromatic rings. The molecule has 0 saturated heterocycles. The summed E-state index contributed by atoms with van der Waals surface area (Å²) in [5, 5.41) is 14.4. The Balaban J connectivity index is 2.89. The summed E-state index contributed by atoms with van der Waals surface area (Å²) in [5.74, 6) is -0.275. The van der Waals surface area contributed by atoms with Crippen molar-refractivity contribution < 1.29 is 19.2 Å². The maximum atomic E-state index is 12.1. The summed E-state index contributed by atoms with van der Waals surface area (Å²) in [6.07, 6.45) is 0.712. The summed E-state index contributed by atoms with van der Waals surface area (Å²) in [6.45, 7) is 0.390. The Morgan fingerprint density at radius 2 is 2.19 bits per heavy atom. The van der Waals surface area contributed by atoms with Crippen LogP contribution in [0.3, 0.4) is 0 Å². The van der Waals surface area contributed by atoms with Crippen LogP contribution < -0.4 is 10.1 Å². The predicted octanol–water partition coefficient (Wildman–Crippen LogP) is 2.13. The lowest BCUT2D eigenvalue weighted by Crippen LogP contribution is -2.38. The molecule has 0 aromatic heterocycles. The highest BCUT2D eigenvalue weighted by molar-refractivity contribution is 9.09. The van der Waals surface area contributed by atoms with Gasteiger partial charge in [-0.3, -0.25) is 14.9 Å². The molecule has 0 aliphatic rings. The van der Waals surface area contributed by atoms with Crippen LogP contribution in [-0.4, -0.2) is 43.0 Å².